The lowest BCUT2D eigenvalue weighted by Crippen LogP contribution is -2.31. The molecule has 22 heavy (non-hydrogen) atoms. The molecule has 1 heterocycles. The second kappa shape index (κ2) is 6.40. The van der Waals surface area contributed by atoms with E-state index in [1.165, 1.54) is 48.5 Å². The van der Waals surface area contributed by atoms with Gasteiger partial charge >= 0.3 is 0 Å². The Kier molecular flexibility index (Phi) is 4.57. The van der Waals surface area contributed by atoms with Gasteiger partial charge in [0, 0.05) is 36.8 Å². The fourth-order valence-electron chi connectivity index (χ4n) is 1.92. The summed E-state index contributed by atoms with van der Waals surface area (Å²) in [5.74, 6) is -0.382. The monoisotopic (exact) mass is 321 g/mol. The minimum Gasteiger partial charge on any atom is -0.619 e. The smallest absolute Gasteiger partial charge is 0.269 e. The molecule has 1 amide bonds. The summed E-state index contributed by atoms with van der Waals surface area (Å²) in [4.78, 5) is 23.8. The number of carbonyl (C=O) groups excluding carboxylic acids is 1. The first-order valence-electron chi connectivity index (χ1n) is 6.25. The Bertz CT molecular complexity index is 736. The van der Waals surface area contributed by atoms with E-state index in [4.69, 9.17) is 11.6 Å². The first-order chi connectivity index (χ1) is 10.4. The van der Waals surface area contributed by atoms with E-state index in [9.17, 15) is 20.1 Å². The van der Waals surface area contributed by atoms with Crippen LogP contribution in [-0.2, 0) is 6.54 Å². The number of nitrogens with zero attached hydrogens (tertiary/aromatic N) is 3. The number of nitro groups is 1. The summed E-state index contributed by atoms with van der Waals surface area (Å²) in [6.07, 6.45) is 2.43. The van der Waals surface area contributed by atoms with Gasteiger partial charge in [0.25, 0.3) is 11.6 Å². The molecule has 1 aromatic heterocycles. The lowest BCUT2D eigenvalue weighted by atomic mass is 10.1. The summed E-state index contributed by atoms with van der Waals surface area (Å²) >= 11 is 6.01. The lowest BCUT2D eigenvalue weighted by molar-refractivity contribution is -0.605. The summed E-state index contributed by atoms with van der Waals surface area (Å²) < 4.78 is 0.529. The number of halogens is 1. The van der Waals surface area contributed by atoms with Crippen LogP contribution in [0.2, 0.25) is 5.02 Å². The molecule has 0 bridgehead atoms. The van der Waals surface area contributed by atoms with Gasteiger partial charge in [0.1, 0.15) is 5.56 Å². The van der Waals surface area contributed by atoms with Crippen LogP contribution in [0.1, 0.15) is 15.9 Å². The molecular weight excluding hydrogens is 310 g/mol. The van der Waals surface area contributed by atoms with E-state index in [2.05, 4.69) is 0 Å². The fourth-order valence-corrected chi connectivity index (χ4v) is 2.10. The Morgan fingerprint density at radius 2 is 2.14 bits per heavy atom. The van der Waals surface area contributed by atoms with E-state index >= 15 is 0 Å². The highest BCUT2D eigenvalue weighted by Crippen LogP contribution is 2.23. The highest BCUT2D eigenvalue weighted by Gasteiger charge is 2.17. The largest absolute Gasteiger partial charge is 0.619 e. The van der Waals surface area contributed by atoms with Gasteiger partial charge < -0.3 is 10.1 Å². The number of pyridine rings is 1. The molecule has 0 atom stereocenters. The molecule has 0 aliphatic carbocycles. The van der Waals surface area contributed by atoms with Gasteiger partial charge in [0.2, 0.25) is 0 Å². The van der Waals surface area contributed by atoms with Crippen molar-refractivity contribution in [3.63, 3.8) is 0 Å². The van der Waals surface area contributed by atoms with Crippen molar-refractivity contribution in [2.24, 2.45) is 0 Å². The SMILES string of the molecule is CN(Cc1cc([N+](=O)[O-])ccc1Cl)C(=O)c1ccc[n+]([O-])c1. The second-order valence-corrected chi connectivity index (χ2v) is 5.05. The standard InChI is InChI=1S/C14H12ClN3O4/c1-16(14(19)10-3-2-6-17(20)9-10)8-11-7-12(18(21)22)4-5-13(11)15/h2-7,9H,8H2,1H3. The van der Waals surface area contributed by atoms with Crippen LogP contribution in [0.4, 0.5) is 5.69 Å². The van der Waals surface area contributed by atoms with Crippen LogP contribution in [0.15, 0.2) is 42.7 Å². The first kappa shape index (κ1) is 15.7. The Balaban J connectivity index is 2.21. The summed E-state index contributed by atoms with van der Waals surface area (Å²) in [5.41, 5.74) is 0.580. The Morgan fingerprint density at radius 3 is 2.77 bits per heavy atom. The Hall–Kier alpha value is -2.67. The van der Waals surface area contributed by atoms with Crippen molar-refractivity contribution in [3.8, 4) is 0 Å². The molecule has 8 heteroatoms. The van der Waals surface area contributed by atoms with E-state index in [1.807, 2.05) is 0 Å². The number of aromatic nitrogens is 1. The highest BCUT2D eigenvalue weighted by molar-refractivity contribution is 6.31. The fraction of sp³-hybridized carbons (Fsp3) is 0.143. The molecule has 2 aromatic rings. The van der Waals surface area contributed by atoms with Gasteiger partial charge in [0.05, 0.1) is 4.92 Å². The Labute approximate surface area is 131 Å². The van der Waals surface area contributed by atoms with E-state index in [-0.39, 0.29) is 23.7 Å². The molecule has 0 aliphatic rings. The molecule has 0 spiro atoms. The number of nitro benzene ring substituents is 1. The molecule has 0 fully saturated rings. The number of carbonyl (C=O) groups is 1. The van der Waals surface area contributed by atoms with Gasteiger partial charge in [-0.1, -0.05) is 11.6 Å². The third kappa shape index (κ3) is 3.50. The topological polar surface area (TPSA) is 90.4 Å². The number of amides is 1. The minimum atomic E-state index is -0.529. The maximum Gasteiger partial charge on any atom is 0.269 e. The molecule has 0 saturated carbocycles. The van der Waals surface area contributed by atoms with Gasteiger partial charge in [-0.05, 0) is 17.7 Å². The molecule has 7 nitrogen and oxygen atoms in total. The van der Waals surface area contributed by atoms with Crippen molar-refractivity contribution in [2.45, 2.75) is 6.54 Å². The van der Waals surface area contributed by atoms with Crippen LogP contribution in [-0.4, -0.2) is 22.8 Å². The third-order valence-corrected chi connectivity index (χ3v) is 3.39. The minimum absolute atomic E-state index is 0.0904. The summed E-state index contributed by atoms with van der Waals surface area (Å²) in [6, 6.07) is 7.02. The molecule has 0 unspecified atom stereocenters. The lowest BCUT2D eigenvalue weighted by Gasteiger charge is -2.17. The Morgan fingerprint density at radius 1 is 1.41 bits per heavy atom. The van der Waals surface area contributed by atoms with Crippen molar-refractivity contribution in [1.29, 1.82) is 0 Å². The maximum absolute atomic E-state index is 12.2. The summed E-state index contributed by atoms with van der Waals surface area (Å²) in [6.45, 7) is 0.0904. The second-order valence-electron chi connectivity index (χ2n) is 4.65. The number of non-ortho nitro benzene ring substituents is 1. The van der Waals surface area contributed by atoms with Gasteiger partial charge in [-0.3, -0.25) is 14.9 Å². The van der Waals surface area contributed by atoms with Crippen molar-refractivity contribution >= 4 is 23.2 Å². The zero-order chi connectivity index (χ0) is 16.3. The molecular formula is C14H12ClN3O4. The number of hydrogen-bond donors (Lipinski definition) is 0. The first-order valence-corrected chi connectivity index (χ1v) is 6.63. The predicted octanol–water partition coefficient (Wildman–Crippen LogP) is 2.15. The molecule has 0 radical (unpaired) electrons. The predicted molar refractivity (Wildman–Crippen MR) is 79.3 cm³/mol. The number of hydrogen-bond acceptors (Lipinski definition) is 4. The van der Waals surface area contributed by atoms with Gasteiger partial charge in [0.15, 0.2) is 12.4 Å². The number of benzene rings is 1. The summed E-state index contributed by atoms with van der Waals surface area (Å²) in [7, 11) is 1.53. The molecule has 0 aliphatic heterocycles. The molecule has 1 aromatic carbocycles. The summed E-state index contributed by atoms with van der Waals surface area (Å²) in [5, 5.41) is 22.3. The van der Waals surface area contributed by atoms with Crippen molar-refractivity contribution < 1.29 is 14.4 Å². The van der Waals surface area contributed by atoms with E-state index in [0.717, 1.165) is 6.20 Å². The normalized spacial score (nSPS) is 10.3. The molecule has 0 N–H and O–H groups in total. The average molecular weight is 322 g/mol. The average Bonchev–Trinajstić information content (AvgIpc) is 2.48. The van der Waals surface area contributed by atoms with Crippen LogP contribution >= 0.6 is 11.6 Å². The zero-order valence-corrected chi connectivity index (χ0v) is 12.4. The van der Waals surface area contributed by atoms with Gasteiger partial charge in [-0.25, -0.2) is 0 Å². The van der Waals surface area contributed by atoms with Gasteiger partial charge in [-0.2, -0.15) is 4.73 Å². The van der Waals surface area contributed by atoms with Crippen LogP contribution < -0.4 is 4.73 Å². The quantitative estimate of drug-likeness (QED) is 0.373. The van der Waals surface area contributed by atoms with E-state index in [1.54, 1.807) is 0 Å². The van der Waals surface area contributed by atoms with Gasteiger partial charge in [-0.15, -0.1) is 0 Å². The van der Waals surface area contributed by atoms with E-state index < -0.39 is 4.92 Å². The van der Waals surface area contributed by atoms with Crippen LogP contribution in [0, 0.1) is 15.3 Å². The highest BCUT2D eigenvalue weighted by atomic mass is 35.5. The van der Waals surface area contributed by atoms with Crippen molar-refractivity contribution in [1.82, 2.24) is 4.90 Å². The number of rotatable bonds is 4. The maximum atomic E-state index is 12.2. The van der Waals surface area contributed by atoms with Crippen LogP contribution in [0.25, 0.3) is 0 Å². The van der Waals surface area contributed by atoms with Crippen LogP contribution in [0.3, 0.4) is 0 Å². The van der Waals surface area contributed by atoms with Crippen molar-refractivity contribution in [3.05, 3.63) is 74.2 Å². The molecule has 2 rings (SSSR count). The van der Waals surface area contributed by atoms with Crippen LogP contribution in [0.5, 0.6) is 0 Å². The van der Waals surface area contributed by atoms with E-state index in [0.29, 0.717) is 15.3 Å². The molecule has 114 valence electrons. The third-order valence-electron chi connectivity index (χ3n) is 3.02. The zero-order valence-electron chi connectivity index (χ0n) is 11.6. The van der Waals surface area contributed by atoms with Crippen molar-refractivity contribution in [2.75, 3.05) is 7.05 Å². The molecule has 0 saturated heterocycles.